The highest BCUT2D eigenvalue weighted by atomic mass is 32.2. The molecule has 1 aromatic heterocycles. The van der Waals surface area contributed by atoms with Crippen LogP contribution in [0.4, 0.5) is 5.13 Å². The third kappa shape index (κ3) is 5.45. The summed E-state index contributed by atoms with van der Waals surface area (Å²) >= 11 is 4.38. The summed E-state index contributed by atoms with van der Waals surface area (Å²) in [6.45, 7) is 0. The first-order chi connectivity index (χ1) is 18.5. The van der Waals surface area contributed by atoms with Crippen molar-refractivity contribution >= 4 is 57.8 Å². The van der Waals surface area contributed by atoms with Crippen LogP contribution in [-0.2, 0) is 25.5 Å². The molecule has 1 fully saturated rings. The molecule has 0 bridgehead atoms. The number of nitrogens with one attached hydrogen (secondary N) is 1. The molecule has 1 unspecified atom stereocenters. The minimum absolute atomic E-state index is 0.0349. The number of nitrogens with zero attached hydrogens (tertiary/aromatic N) is 2. The van der Waals surface area contributed by atoms with Crippen molar-refractivity contribution in [2.75, 3.05) is 23.5 Å². The van der Waals surface area contributed by atoms with Crippen molar-refractivity contribution in [3.8, 4) is 0 Å². The molecule has 0 radical (unpaired) electrons. The lowest BCUT2D eigenvalue weighted by Crippen LogP contribution is -2.70. The number of aromatic nitrogens is 1. The molecule has 196 valence electrons. The van der Waals surface area contributed by atoms with Gasteiger partial charge in [-0.25, -0.2) is 9.78 Å². The van der Waals surface area contributed by atoms with Gasteiger partial charge in [0.15, 0.2) is 11.2 Å². The van der Waals surface area contributed by atoms with Gasteiger partial charge < -0.3 is 15.8 Å². The van der Waals surface area contributed by atoms with Crippen LogP contribution in [0.5, 0.6) is 0 Å². The Hall–Kier alpha value is -3.28. The number of carbonyl (C=O) groups is 3. The summed E-state index contributed by atoms with van der Waals surface area (Å²) in [7, 11) is 0. The molecule has 3 aromatic rings. The zero-order valence-corrected chi connectivity index (χ0v) is 23.0. The van der Waals surface area contributed by atoms with E-state index in [0.29, 0.717) is 22.3 Å². The Morgan fingerprint density at radius 3 is 2.39 bits per heavy atom. The number of esters is 1. The van der Waals surface area contributed by atoms with Crippen molar-refractivity contribution in [1.82, 2.24) is 15.2 Å². The van der Waals surface area contributed by atoms with E-state index in [1.807, 2.05) is 66.9 Å². The summed E-state index contributed by atoms with van der Waals surface area (Å²) < 4.78 is 6.12. The van der Waals surface area contributed by atoms with Crippen molar-refractivity contribution in [2.45, 2.75) is 23.9 Å². The van der Waals surface area contributed by atoms with Crippen molar-refractivity contribution in [3.63, 3.8) is 0 Å². The molecule has 2 aromatic carbocycles. The van der Waals surface area contributed by atoms with Crippen LogP contribution in [0.15, 0.2) is 77.3 Å². The van der Waals surface area contributed by atoms with E-state index in [1.165, 1.54) is 28.0 Å². The quantitative estimate of drug-likeness (QED) is 0.298. The first-order valence-corrected chi connectivity index (χ1v) is 15.2. The largest absolute Gasteiger partial charge is 0.448 e. The number of fused-ring (bicyclic) bond motifs is 1. The molecule has 3 N–H and O–H groups in total. The van der Waals surface area contributed by atoms with Crippen LogP contribution in [0, 0.1) is 0 Å². The maximum absolute atomic E-state index is 13.7. The minimum Gasteiger partial charge on any atom is -0.448 e. The fraction of sp³-hybridized carbons (Fsp3) is 0.259. The van der Waals surface area contributed by atoms with Gasteiger partial charge in [-0.15, -0.1) is 23.1 Å². The van der Waals surface area contributed by atoms with E-state index in [1.54, 1.807) is 17.1 Å². The molecule has 1 saturated heterocycles. The van der Waals surface area contributed by atoms with Crippen LogP contribution in [0.3, 0.4) is 0 Å². The number of benzene rings is 2. The molecule has 0 aliphatic carbocycles. The van der Waals surface area contributed by atoms with Crippen LogP contribution < -0.4 is 11.1 Å². The van der Waals surface area contributed by atoms with Crippen LogP contribution >= 0.6 is 34.9 Å². The molecule has 5 rings (SSSR count). The average Bonchev–Trinajstić information content (AvgIpc) is 3.35. The second-order valence-corrected chi connectivity index (χ2v) is 11.7. The fourth-order valence-corrected chi connectivity index (χ4v) is 7.12. The number of hydrogen-bond acceptors (Lipinski definition) is 9. The van der Waals surface area contributed by atoms with Crippen molar-refractivity contribution in [1.29, 1.82) is 0 Å². The molecule has 38 heavy (non-hydrogen) atoms. The van der Waals surface area contributed by atoms with Crippen LogP contribution in [-0.4, -0.2) is 56.8 Å². The third-order valence-electron chi connectivity index (χ3n) is 6.22. The number of β-lactam (4-membered cyclic amide) rings is 1. The van der Waals surface area contributed by atoms with Gasteiger partial charge in [-0.05, 0) is 23.0 Å². The first-order valence-electron chi connectivity index (χ1n) is 11.9. The van der Waals surface area contributed by atoms with E-state index in [2.05, 4.69) is 10.3 Å². The first kappa shape index (κ1) is 26.3. The summed E-state index contributed by atoms with van der Waals surface area (Å²) in [5.74, 6) is -0.0266. The summed E-state index contributed by atoms with van der Waals surface area (Å²) in [6, 6.07) is 18.4. The van der Waals surface area contributed by atoms with Crippen molar-refractivity contribution in [2.24, 2.45) is 0 Å². The summed E-state index contributed by atoms with van der Waals surface area (Å²) in [6.07, 6.45) is 1.36. The molecule has 0 saturated carbocycles. The Morgan fingerprint density at radius 1 is 1.16 bits per heavy atom. The maximum atomic E-state index is 13.7. The highest BCUT2D eigenvalue weighted by molar-refractivity contribution is 8.00. The van der Waals surface area contributed by atoms with Gasteiger partial charge in [-0.1, -0.05) is 60.7 Å². The number of amides is 2. The maximum Gasteiger partial charge on any atom is 0.356 e. The van der Waals surface area contributed by atoms with E-state index in [0.717, 1.165) is 16.7 Å². The number of carbonyl (C=O) groups excluding carboxylic acids is 3. The molecule has 2 atom stereocenters. The molecular weight excluding hydrogens is 541 g/mol. The predicted octanol–water partition coefficient (Wildman–Crippen LogP) is 3.62. The highest BCUT2D eigenvalue weighted by Crippen LogP contribution is 2.42. The SMILES string of the molecule is CSCC1=C(C(=O)OC(c2ccccc2)c2ccccc2)N2C(=O)C(NC(=O)Cc3csc(N)n3)[C@H]2SC1. The molecular formula is C27H26N4O4S3. The van der Waals surface area contributed by atoms with Gasteiger partial charge in [0.05, 0.1) is 12.1 Å². The molecule has 3 heterocycles. The van der Waals surface area contributed by atoms with Gasteiger partial charge in [0, 0.05) is 16.9 Å². The molecule has 2 aliphatic heterocycles. The van der Waals surface area contributed by atoms with Gasteiger partial charge in [-0.2, -0.15) is 11.8 Å². The van der Waals surface area contributed by atoms with E-state index < -0.39 is 18.1 Å². The summed E-state index contributed by atoms with van der Waals surface area (Å²) in [5, 5.41) is 4.54. The Morgan fingerprint density at radius 2 is 1.82 bits per heavy atom. The van der Waals surface area contributed by atoms with Gasteiger partial charge in [0.1, 0.15) is 17.1 Å². The number of thiazole rings is 1. The van der Waals surface area contributed by atoms with Gasteiger partial charge in [0.25, 0.3) is 5.91 Å². The molecule has 2 aliphatic rings. The average molecular weight is 567 g/mol. The lowest BCUT2D eigenvalue weighted by molar-refractivity contribution is -0.154. The minimum atomic E-state index is -0.721. The number of thioether (sulfide) groups is 2. The Balaban J connectivity index is 1.36. The summed E-state index contributed by atoms with van der Waals surface area (Å²) in [5.41, 5.74) is 9.01. The fourth-order valence-electron chi connectivity index (χ4n) is 4.50. The van der Waals surface area contributed by atoms with Crippen LogP contribution in [0.2, 0.25) is 0 Å². The zero-order valence-electron chi connectivity index (χ0n) is 20.5. The number of anilines is 1. The molecule has 2 amide bonds. The Kier molecular flexibility index (Phi) is 8.06. The Bertz CT molecular complexity index is 1320. The Labute approximate surface area is 233 Å². The van der Waals surface area contributed by atoms with E-state index in [4.69, 9.17) is 10.5 Å². The number of ether oxygens (including phenoxy) is 1. The van der Waals surface area contributed by atoms with E-state index >= 15 is 0 Å². The van der Waals surface area contributed by atoms with E-state index in [9.17, 15) is 14.4 Å². The number of nitrogens with two attached hydrogens (primary N) is 1. The lowest BCUT2D eigenvalue weighted by atomic mass is 10.0. The molecule has 11 heteroatoms. The highest BCUT2D eigenvalue weighted by Gasteiger charge is 2.54. The standard InChI is InChI=1S/C27H26N4O4S3/c1-36-13-18-14-37-25-21(30-20(32)12-19-15-38-27(28)29-19)24(33)31(25)22(18)26(34)35-23(16-8-4-2-5-9-16)17-10-6-3-7-11-17/h2-11,15,21,23,25H,12-14H2,1H3,(H2,28,29)(H,30,32)/t21?,25-/m1/s1. The lowest BCUT2D eigenvalue weighted by Gasteiger charge is -2.49. The zero-order chi connectivity index (χ0) is 26.6. The van der Waals surface area contributed by atoms with E-state index in [-0.39, 0.29) is 29.3 Å². The normalized spacial score (nSPS) is 18.7. The summed E-state index contributed by atoms with van der Waals surface area (Å²) in [4.78, 5) is 45.3. The topological polar surface area (TPSA) is 115 Å². The smallest absolute Gasteiger partial charge is 0.356 e. The number of hydrogen-bond donors (Lipinski definition) is 2. The predicted molar refractivity (Wildman–Crippen MR) is 151 cm³/mol. The van der Waals surface area contributed by atoms with Crippen LogP contribution in [0.1, 0.15) is 22.9 Å². The molecule has 0 spiro atoms. The number of rotatable bonds is 9. The van der Waals surface area contributed by atoms with Crippen molar-refractivity contribution < 1.29 is 19.1 Å². The van der Waals surface area contributed by atoms with Crippen LogP contribution in [0.25, 0.3) is 0 Å². The number of nitrogen functional groups attached to an aromatic ring is 1. The van der Waals surface area contributed by atoms with Gasteiger partial charge in [0.2, 0.25) is 5.91 Å². The second kappa shape index (κ2) is 11.6. The second-order valence-electron chi connectivity index (χ2n) is 8.80. The monoisotopic (exact) mass is 566 g/mol. The third-order valence-corrected chi connectivity index (χ3v) is 8.92. The molecule has 8 nitrogen and oxygen atoms in total. The van der Waals surface area contributed by atoms with Gasteiger partial charge >= 0.3 is 5.97 Å². The van der Waals surface area contributed by atoms with Gasteiger partial charge in [-0.3, -0.25) is 14.5 Å². The van der Waals surface area contributed by atoms with Crippen molar-refractivity contribution in [3.05, 3.63) is 94.1 Å².